The SMILES string of the molecule is Cc1ccc(-n2c(=O)on(CCl)c2=O)cc1. The minimum absolute atomic E-state index is 0.188. The summed E-state index contributed by atoms with van der Waals surface area (Å²) < 4.78 is 6.39. The van der Waals surface area contributed by atoms with Crippen LogP contribution in [-0.2, 0) is 6.00 Å². The second-order valence-electron chi connectivity index (χ2n) is 3.31. The van der Waals surface area contributed by atoms with Crippen LogP contribution in [0.5, 0.6) is 0 Å². The third-order valence-electron chi connectivity index (χ3n) is 2.18. The molecule has 0 fully saturated rings. The fraction of sp³-hybridized carbons (Fsp3) is 0.200. The Morgan fingerprint density at radius 3 is 2.38 bits per heavy atom. The zero-order chi connectivity index (χ0) is 11.7. The second-order valence-corrected chi connectivity index (χ2v) is 3.55. The number of hydrogen-bond donors (Lipinski definition) is 0. The van der Waals surface area contributed by atoms with Crippen molar-refractivity contribution in [1.29, 1.82) is 0 Å². The van der Waals surface area contributed by atoms with E-state index in [0.717, 1.165) is 14.9 Å². The molecule has 0 aliphatic carbocycles. The van der Waals surface area contributed by atoms with Gasteiger partial charge in [-0.3, -0.25) is 0 Å². The number of nitrogens with zero attached hydrogens (tertiary/aromatic N) is 2. The molecule has 0 aliphatic rings. The van der Waals surface area contributed by atoms with E-state index in [1.54, 1.807) is 24.3 Å². The Labute approximate surface area is 95.4 Å². The molecule has 0 atom stereocenters. The lowest BCUT2D eigenvalue weighted by Crippen LogP contribution is -2.26. The van der Waals surface area contributed by atoms with Crippen LogP contribution in [0, 0.1) is 6.92 Å². The van der Waals surface area contributed by atoms with Gasteiger partial charge in [0.05, 0.1) is 5.69 Å². The van der Waals surface area contributed by atoms with Crippen LogP contribution in [-0.4, -0.2) is 9.31 Å². The van der Waals surface area contributed by atoms with Crippen molar-refractivity contribution >= 4 is 11.6 Å². The van der Waals surface area contributed by atoms with Crippen LogP contribution >= 0.6 is 11.6 Å². The van der Waals surface area contributed by atoms with Gasteiger partial charge in [0, 0.05) is 0 Å². The van der Waals surface area contributed by atoms with Gasteiger partial charge in [0.25, 0.3) is 0 Å². The van der Waals surface area contributed by atoms with Crippen LogP contribution in [0.3, 0.4) is 0 Å². The minimum Gasteiger partial charge on any atom is -0.315 e. The van der Waals surface area contributed by atoms with E-state index in [-0.39, 0.29) is 6.00 Å². The molecule has 84 valence electrons. The molecular weight excluding hydrogens is 232 g/mol. The largest absolute Gasteiger partial charge is 0.447 e. The molecular formula is C10H9ClN2O3. The monoisotopic (exact) mass is 240 g/mol. The maximum absolute atomic E-state index is 11.7. The molecule has 0 aliphatic heterocycles. The van der Waals surface area contributed by atoms with Crippen LogP contribution in [0.1, 0.15) is 5.56 Å². The third-order valence-corrected chi connectivity index (χ3v) is 2.39. The van der Waals surface area contributed by atoms with E-state index in [1.807, 2.05) is 6.92 Å². The van der Waals surface area contributed by atoms with Crippen LogP contribution in [0.2, 0.25) is 0 Å². The summed E-state index contributed by atoms with van der Waals surface area (Å²) in [6.45, 7) is 1.92. The molecule has 0 radical (unpaired) electrons. The molecule has 1 aromatic heterocycles. The van der Waals surface area contributed by atoms with Crippen molar-refractivity contribution in [3.8, 4) is 5.69 Å². The first-order valence-corrected chi connectivity index (χ1v) is 5.13. The van der Waals surface area contributed by atoms with Crippen LogP contribution in [0.4, 0.5) is 0 Å². The Kier molecular flexibility index (Phi) is 2.70. The summed E-state index contributed by atoms with van der Waals surface area (Å²) in [4.78, 5) is 23.1. The molecule has 0 bridgehead atoms. The topological polar surface area (TPSA) is 57.1 Å². The molecule has 0 unspecified atom stereocenters. The minimum atomic E-state index is -0.741. The molecule has 0 spiro atoms. The first-order valence-electron chi connectivity index (χ1n) is 4.59. The second kappa shape index (κ2) is 4.02. The van der Waals surface area contributed by atoms with E-state index in [1.165, 1.54) is 0 Å². The molecule has 6 heteroatoms. The van der Waals surface area contributed by atoms with Gasteiger partial charge < -0.3 is 4.52 Å². The molecule has 0 N–H and O–H groups in total. The summed E-state index contributed by atoms with van der Waals surface area (Å²) in [7, 11) is 0. The average Bonchev–Trinajstić information content (AvgIpc) is 2.56. The van der Waals surface area contributed by atoms with Crippen molar-refractivity contribution in [3.63, 3.8) is 0 Å². The Balaban J connectivity index is 2.65. The van der Waals surface area contributed by atoms with Crippen molar-refractivity contribution < 1.29 is 4.52 Å². The number of alkyl halides is 1. The van der Waals surface area contributed by atoms with Crippen LogP contribution in [0.15, 0.2) is 38.4 Å². The first-order chi connectivity index (χ1) is 7.63. The predicted molar refractivity (Wildman–Crippen MR) is 59.2 cm³/mol. The van der Waals surface area contributed by atoms with E-state index >= 15 is 0 Å². The molecule has 1 heterocycles. The maximum atomic E-state index is 11.7. The average molecular weight is 241 g/mol. The zero-order valence-corrected chi connectivity index (χ0v) is 9.27. The highest BCUT2D eigenvalue weighted by atomic mass is 35.5. The van der Waals surface area contributed by atoms with Gasteiger partial charge in [-0.15, -0.1) is 4.74 Å². The first kappa shape index (κ1) is 10.8. The summed E-state index contributed by atoms with van der Waals surface area (Å²) in [6.07, 6.45) is 0. The molecule has 2 rings (SSSR count). The van der Waals surface area contributed by atoms with E-state index < -0.39 is 11.4 Å². The van der Waals surface area contributed by atoms with Crippen molar-refractivity contribution in [1.82, 2.24) is 9.31 Å². The maximum Gasteiger partial charge on any atom is 0.447 e. The number of halogens is 1. The van der Waals surface area contributed by atoms with Gasteiger partial charge in [-0.05, 0) is 19.1 Å². The fourth-order valence-corrected chi connectivity index (χ4v) is 1.50. The highest BCUT2D eigenvalue weighted by molar-refractivity contribution is 6.15. The van der Waals surface area contributed by atoms with Gasteiger partial charge in [0.1, 0.15) is 6.00 Å². The van der Waals surface area contributed by atoms with E-state index in [4.69, 9.17) is 11.6 Å². The van der Waals surface area contributed by atoms with Crippen LogP contribution < -0.4 is 11.4 Å². The summed E-state index contributed by atoms with van der Waals surface area (Å²) in [5.41, 5.74) is 0.926. The Bertz CT molecular complexity index is 606. The third kappa shape index (κ3) is 1.69. The molecule has 5 nitrogen and oxygen atoms in total. The standard InChI is InChI=1S/C10H9ClN2O3/c1-7-2-4-8(5-3-7)13-9(14)12(6-11)16-10(13)15/h2-5H,6H2,1H3. The number of hydrogen-bond acceptors (Lipinski definition) is 3. The number of aromatic nitrogens is 2. The van der Waals surface area contributed by atoms with Gasteiger partial charge in [-0.2, -0.15) is 4.57 Å². The van der Waals surface area contributed by atoms with Gasteiger partial charge in [-0.1, -0.05) is 29.3 Å². The normalized spacial score (nSPS) is 10.6. The quantitative estimate of drug-likeness (QED) is 0.739. The van der Waals surface area contributed by atoms with Gasteiger partial charge in [0.15, 0.2) is 0 Å². The zero-order valence-electron chi connectivity index (χ0n) is 8.51. The Morgan fingerprint density at radius 2 is 1.88 bits per heavy atom. The lowest BCUT2D eigenvalue weighted by atomic mass is 10.2. The molecule has 1 aromatic carbocycles. The molecule has 0 amide bonds. The van der Waals surface area contributed by atoms with Gasteiger partial charge >= 0.3 is 11.4 Å². The lowest BCUT2D eigenvalue weighted by Gasteiger charge is -1.98. The predicted octanol–water partition coefficient (Wildman–Crippen LogP) is 1.10. The van der Waals surface area contributed by atoms with Crippen LogP contribution in [0.25, 0.3) is 5.69 Å². The Hall–Kier alpha value is -1.75. The molecule has 0 saturated carbocycles. The number of benzene rings is 1. The van der Waals surface area contributed by atoms with Crippen molar-refractivity contribution in [2.75, 3.05) is 0 Å². The molecule has 16 heavy (non-hydrogen) atoms. The van der Waals surface area contributed by atoms with E-state index in [2.05, 4.69) is 4.52 Å². The summed E-state index contributed by atoms with van der Waals surface area (Å²) in [5.74, 6) is -0.741. The van der Waals surface area contributed by atoms with Gasteiger partial charge in [-0.25, -0.2) is 9.59 Å². The van der Waals surface area contributed by atoms with Crippen molar-refractivity contribution in [2.45, 2.75) is 12.9 Å². The highest BCUT2D eigenvalue weighted by Gasteiger charge is 2.12. The number of aryl methyl sites for hydroxylation is 1. The summed E-state index contributed by atoms with van der Waals surface area (Å²) >= 11 is 5.45. The van der Waals surface area contributed by atoms with E-state index in [9.17, 15) is 9.59 Å². The molecule has 2 aromatic rings. The lowest BCUT2D eigenvalue weighted by molar-refractivity contribution is 0.270. The van der Waals surface area contributed by atoms with Crippen molar-refractivity contribution in [2.24, 2.45) is 0 Å². The van der Waals surface area contributed by atoms with Gasteiger partial charge in [0.2, 0.25) is 0 Å². The highest BCUT2D eigenvalue weighted by Crippen LogP contribution is 2.04. The van der Waals surface area contributed by atoms with E-state index in [0.29, 0.717) is 5.69 Å². The van der Waals surface area contributed by atoms with Crippen molar-refractivity contribution in [3.05, 3.63) is 50.9 Å². The molecule has 0 saturated heterocycles. The Morgan fingerprint density at radius 1 is 1.25 bits per heavy atom. The number of rotatable bonds is 2. The summed E-state index contributed by atoms with van der Waals surface area (Å²) in [6, 6.07) is 6.77. The summed E-state index contributed by atoms with van der Waals surface area (Å²) in [5, 5.41) is 0. The fourth-order valence-electron chi connectivity index (χ4n) is 1.35. The smallest absolute Gasteiger partial charge is 0.315 e.